The van der Waals surface area contributed by atoms with Crippen molar-refractivity contribution in [2.24, 2.45) is 15.7 Å². The summed E-state index contributed by atoms with van der Waals surface area (Å²) in [7, 11) is 0. The van der Waals surface area contributed by atoms with E-state index in [1.807, 2.05) is 13.8 Å². The number of ether oxygens (including phenoxy) is 1. The van der Waals surface area contributed by atoms with Crippen LogP contribution in [-0.4, -0.2) is 42.9 Å². The zero-order chi connectivity index (χ0) is 18.1. The molecule has 2 aliphatic rings. The summed E-state index contributed by atoms with van der Waals surface area (Å²) in [6.07, 6.45) is 2.12. The lowest BCUT2D eigenvalue weighted by molar-refractivity contribution is 0.326. The van der Waals surface area contributed by atoms with E-state index < -0.39 is 0 Å². The molecule has 26 heavy (non-hydrogen) atoms. The van der Waals surface area contributed by atoms with Crippen LogP contribution in [0, 0.1) is 0 Å². The Morgan fingerprint density at radius 2 is 2.27 bits per heavy atom. The van der Waals surface area contributed by atoms with Crippen LogP contribution >= 0.6 is 11.3 Å². The van der Waals surface area contributed by atoms with Gasteiger partial charge < -0.3 is 15.8 Å². The Bertz CT molecular complexity index is 867. The van der Waals surface area contributed by atoms with Gasteiger partial charge in [-0.3, -0.25) is 4.99 Å². The van der Waals surface area contributed by atoms with Crippen LogP contribution in [0.4, 0.5) is 0 Å². The number of amidine groups is 1. The van der Waals surface area contributed by atoms with E-state index in [2.05, 4.69) is 33.5 Å². The molecule has 7 heteroatoms. The number of nitrogens with zero attached hydrogens (tertiary/aromatic N) is 3. The fourth-order valence-electron chi connectivity index (χ4n) is 3.17. The Hall–Kier alpha value is -2.25. The van der Waals surface area contributed by atoms with Crippen molar-refractivity contribution >= 4 is 23.5 Å². The first-order valence-corrected chi connectivity index (χ1v) is 9.77. The van der Waals surface area contributed by atoms with Crippen molar-refractivity contribution in [1.29, 1.82) is 0 Å². The molecule has 3 N–H and O–H groups in total. The van der Waals surface area contributed by atoms with Crippen molar-refractivity contribution in [3.8, 4) is 17.0 Å². The third-order valence-corrected chi connectivity index (χ3v) is 5.68. The number of nitrogens with one attached hydrogen (secondary N) is 1. The van der Waals surface area contributed by atoms with E-state index >= 15 is 0 Å². The van der Waals surface area contributed by atoms with Gasteiger partial charge in [0, 0.05) is 41.9 Å². The Balaban J connectivity index is 1.75. The molecule has 0 radical (unpaired) electrons. The summed E-state index contributed by atoms with van der Waals surface area (Å²) in [6.45, 7) is 6.77. The number of fused-ring (bicyclic) bond motifs is 3. The summed E-state index contributed by atoms with van der Waals surface area (Å²) < 4.78 is 6.03. The second-order valence-corrected chi connectivity index (χ2v) is 7.91. The normalized spacial score (nSPS) is 17.6. The molecule has 2 aromatic rings. The van der Waals surface area contributed by atoms with Gasteiger partial charge in [-0.15, -0.1) is 11.3 Å². The number of benzene rings is 1. The van der Waals surface area contributed by atoms with Crippen LogP contribution in [0.2, 0.25) is 0 Å². The first-order valence-electron chi connectivity index (χ1n) is 8.95. The van der Waals surface area contributed by atoms with Crippen molar-refractivity contribution in [3.05, 3.63) is 33.6 Å². The minimum atomic E-state index is 0.131. The molecular weight excluding hydrogens is 346 g/mol. The SMILES string of the molecule is CC(C)N=C(N=CN)c1nc2c(s1)CCOc1cc(C3CNC3)ccc1-2. The molecule has 3 heterocycles. The van der Waals surface area contributed by atoms with Gasteiger partial charge in [0.2, 0.25) is 0 Å². The highest BCUT2D eigenvalue weighted by atomic mass is 32.1. The summed E-state index contributed by atoms with van der Waals surface area (Å²) in [5.74, 6) is 2.11. The van der Waals surface area contributed by atoms with Gasteiger partial charge in [0.05, 0.1) is 18.6 Å². The second-order valence-electron chi connectivity index (χ2n) is 6.82. The molecule has 0 spiro atoms. The van der Waals surface area contributed by atoms with Gasteiger partial charge in [-0.1, -0.05) is 6.07 Å². The highest BCUT2D eigenvalue weighted by Gasteiger charge is 2.25. The van der Waals surface area contributed by atoms with Crippen LogP contribution < -0.4 is 15.8 Å². The molecule has 1 fully saturated rings. The molecule has 1 saturated heterocycles. The summed E-state index contributed by atoms with van der Waals surface area (Å²) in [5, 5.41) is 4.13. The number of hydrogen-bond acceptors (Lipinski definition) is 5. The van der Waals surface area contributed by atoms with E-state index in [1.165, 1.54) is 16.8 Å². The van der Waals surface area contributed by atoms with Gasteiger partial charge in [-0.25, -0.2) is 9.98 Å². The number of aliphatic imine (C=N–C) groups is 2. The van der Waals surface area contributed by atoms with Gasteiger partial charge in [0.25, 0.3) is 0 Å². The predicted octanol–water partition coefficient (Wildman–Crippen LogP) is 2.57. The largest absolute Gasteiger partial charge is 0.492 e. The smallest absolute Gasteiger partial charge is 0.185 e. The van der Waals surface area contributed by atoms with E-state index in [-0.39, 0.29) is 6.04 Å². The van der Waals surface area contributed by atoms with E-state index in [1.54, 1.807) is 11.3 Å². The van der Waals surface area contributed by atoms with Crippen molar-refractivity contribution in [1.82, 2.24) is 10.3 Å². The Labute approximate surface area is 157 Å². The molecule has 6 nitrogen and oxygen atoms in total. The summed E-state index contributed by atoms with van der Waals surface area (Å²) in [4.78, 5) is 14.9. The maximum Gasteiger partial charge on any atom is 0.185 e. The monoisotopic (exact) mass is 369 g/mol. The van der Waals surface area contributed by atoms with E-state index in [9.17, 15) is 0 Å². The fourth-order valence-corrected chi connectivity index (χ4v) is 4.18. The minimum absolute atomic E-state index is 0.131. The van der Waals surface area contributed by atoms with Crippen molar-refractivity contribution in [2.45, 2.75) is 32.2 Å². The fraction of sp³-hybridized carbons (Fsp3) is 0.421. The molecule has 0 unspecified atom stereocenters. The van der Waals surface area contributed by atoms with Gasteiger partial charge in [0.1, 0.15) is 5.75 Å². The van der Waals surface area contributed by atoms with E-state index in [0.29, 0.717) is 18.4 Å². The first-order chi connectivity index (χ1) is 12.7. The lowest BCUT2D eigenvalue weighted by Crippen LogP contribution is -2.39. The number of nitrogens with two attached hydrogens (primary N) is 1. The average Bonchev–Trinajstić information content (AvgIpc) is 2.89. The second kappa shape index (κ2) is 7.17. The molecule has 0 atom stereocenters. The molecule has 0 aliphatic carbocycles. The van der Waals surface area contributed by atoms with Crippen LogP contribution in [0.15, 0.2) is 28.2 Å². The van der Waals surface area contributed by atoms with Gasteiger partial charge in [-0.05, 0) is 31.5 Å². The van der Waals surface area contributed by atoms with Crippen LogP contribution in [0.3, 0.4) is 0 Å². The Morgan fingerprint density at radius 3 is 2.96 bits per heavy atom. The summed E-state index contributed by atoms with van der Waals surface area (Å²) in [6, 6.07) is 6.65. The first kappa shape index (κ1) is 17.2. The Morgan fingerprint density at radius 1 is 1.42 bits per heavy atom. The van der Waals surface area contributed by atoms with Crippen molar-refractivity contribution in [2.75, 3.05) is 19.7 Å². The van der Waals surface area contributed by atoms with Crippen LogP contribution in [-0.2, 0) is 6.42 Å². The highest BCUT2D eigenvalue weighted by molar-refractivity contribution is 7.14. The number of aromatic nitrogens is 1. The van der Waals surface area contributed by atoms with E-state index in [0.717, 1.165) is 41.5 Å². The minimum Gasteiger partial charge on any atom is -0.492 e. The maximum absolute atomic E-state index is 6.03. The maximum atomic E-state index is 6.03. The van der Waals surface area contributed by atoms with Crippen LogP contribution in [0.1, 0.15) is 35.2 Å². The topological polar surface area (TPSA) is 84.9 Å². The van der Waals surface area contributed by atoms with Crippen molar-refractivity contribution < 1.29 is 4.74 Å². The lowest BCUT2D eigenvalue weighted by Gasteiger charge is -2.28. The van der Waals surface area contributed by atoms with Crippen LogP contribution in [0.25, 0.3) is 11.3 Å². The van der Waals surface area contributed by atoms with Gasteiger partial charge >= 0.3 is 0 Å². The zero-order valence-corrected chi connectivity index (χ0v) is 15.8. The molecule has 0 saturated carbocycles. The summed E-state index contributed by atoms with van der Waals surface area (Å²) >= 11 is 1.63. The van der Waals surface area contributed by atoms with Crippen molar-refractivity contribution in [3.63, 3.8) is 0 Å². The molecule has 1 aromatic carbocycles. The zero-order valence-electron chi connectivity index (χ0n) is 15.0. The predicted molar refractivity (Wildman–Crippen MR) is 107 cm³/mol. The molecule has 4 rings (SSSR count). The number of thiazole rings is 1. The molecule has 0 amide bonds. The average molecular weight is 369 g/mol. The standard InChI is InChI=1S/C19H23N5OS/c1-11(2)23-18(22-10-20)19-24-17-14-4-3-12(13-8-21-9-13)7-15(14)25-6-5-16(17)26-19/h3-4,7,10-11,13,21H,5-6,8-9H2,1-2H3,(H2,20,22,23). The molecule has 1 aromatic heterocycles. The quantitative estimate of drug-likeness (QED) is 0.643. The number of hydrogen-bond donors (Lipinski definition) is 2. The van der Waals surface area contributed by atoms with Crippen LogP contribution in [0.5, 0.6) is 5.75 Å². The van der Waals surface area contributed by atoms with Gasteiger partial charge in [-0.2, -0.15) is 0 Å². The number of rotatable bonds is 3. The summed E-state index contributed by atoms with van der Waals surface area (Å²) in [5.41, 5.74) is 8.88. The highest BCUT2D eigenvalue weighted by Crippen LogP contribution is 2.39. The molecule has 2 aliphatic heterocycles. The third-order valence-electron chi connectivity index (χ3n) is 4.57. The van der Waals surface area contributed by atoms with Gasteiger partial charge in [0.15, 0.2) is 10.8 Å². The molecular formula is C19H23N5OS. The van der Waals surface area contributed by atoms with E-state index in [4.69, 9.17) is 15.5 Å². The third kappa shape index (κ3) is 3.24. The lowest BCUT2D eigenvalue weighted by atomic mass is 9.92. The molecule has 0 bridgehead atoms. The Kier molecular flexibility index (Phi) is 4.74. The molecule has 136 valence electrons.